The van der Waals surface area contributed by atoms with Gasteiger partial charge in [-0.3, -0.25) is 19.3 Å². The Kier molecular flexibility index (Phi) is 7.39. The third-order valence-electron chi connectivity index (χ3n) is 4.30. The lowest BCUT2D eigenvalue weighted by molar-refractivity contribution is -0.132. The quantitative estimate of drug-likeness (QED) is 0.738. The Hall–Kier alpha value is -1.93. The van der Waals surface area contributed by atoms with E-state index in [4.69, 9.17) is 0 Å². The molecular formula is C17H26N4O3S. The molecule has 1 aliphatic rings. The molecule has 2 heterocycles. The lowest BCUT2D eigenvalue weighted by atomic mass is 10.2. The molecule has 0 aliphatic carbocycles. The highest BCUT2D eigenvalue weighted by molar-refractivity contribution is 7.08. The summed E-state index contributed by atoms with van der Waals surface area (Å²) in [5.74, 6) is -0.292. The monoisotopic (exact) mass is 366 g/mol. The smallest absolute Gasteiger partial charge is 0.252 e. The van der Waals surface area contributed by atoms with E-state index in [9.17, 15) is 14.4 Å². The third kappa shape index (κ3) is 6.13. The van der Waals surface area contributed by atoms with Crippen LogP contribution in [0.3, 0.4) is 0 Å². The maximum Gasteiger partial charge on any atom is 0.252 e. The highest BCUT2D eigenvalue weighted by atomic mass is 32.1. The molecule has 138 valence electrons. The molecule has 1 fully saturated rings. The van der Waals surface area contributed by atoms with Gasteiger partial charge in [0.1, 0.15) is 0 Å². The Bertz CT molecular complexity index is 583. The van der Waals surface area contributed by atoms with Crippen LogP contribution in [0, 0.1) is 0 Å². The predicted octanol–water partition coefficient (Wildman–Crippen LogP) is 0.537. The zero-order chi connectivity index (χ0) is 18.2. The molecule has 1 aliphatic heterocycles. The van der Waals surface area contributed by atoms with Crippen molar-refractivity contribution in [2.75, 3.05) is 39.3 Å². The van der Waals surface area contributed by atoms with Crippen LogP contribution < -0.4 is 10.6 Å². The van der Waals surface area contributed by atoms with Gasteiger partial charge in [-0.15, -0.1) is 0 Å². The predicted molar refractivity (Wildman–Crippen MR) is 97.6 cm³/mol. The molecule has 2 N–H and O–H groups in total. The van der Waals surface area contributed by atoms with Crippen LogP contribution in [-0.4, -0.2) is 72.8 Å². The molecule has 2 rings (SSSR count). The number of nitrogens with zero attached hydrogens (tertiary/aromatic N) is 2. The Morgan fingerprint density at radius 2 is 1.96 bits per heavy atom. The first-order valence-electron chi connectivity index (χ1n) is 8.59. The highest BCUT2D eigenvalue weighted by Gasteiger charge is 2.23. The summed E-state index contributed by atoms with van der Waals surface area (Å²) in [6, 6.07) is 1.91. The van der Waals surface area contributed by atoms with Crippen molar-refractivity contribution in [1.82, 2.24) is 20.4 Å². The molecule has 1 atom stereocenters. The number of carbonyl (C=O) groups is 3. The Balaban J connectivity index is 1.68. The van der Waals surface area contributed by atoms with E-state index in [0.29, 0.717) is 38.3 Å². The molecule has 1 unspecified atom stereocenters. The van der Waals surface area contributed by atoms with E-state index in [0.717, 1.165) is 6.42 Å². The number of nitrogens with one attached hydrogen (secondary N) is 2. The van der Waals surface area contributed by atoms with Crippen molar-refractivity contribution in [3.05, 3.63) is 22.4 Å². The van der Waals surface area contributed by atoms with Crippen LogP contribution in [0.25, 0.3) is 0 Å². The van der Waals surface area contributed by atoms with Crippen LogP contribution in [0.1, 0.15) is 30.6 Å². The first kappa shape index (κ1) is 19.4. The van der Waals surface area contributed by atoms with Crippen LogP contribution in [0.2, 0.25) is 0 Å². The topological polar surface area (TPSA) is 81.8 Å². The van der Waals surface area contributed by atoms with Gasteiger partial charge in [0.25, 0.3) is 5.91 Å². The van der Waals surface area contributed by atoms with Gasteiger partial charge in [0.15, 0.2) is 0 Å². The first-order valence-corrected chi connectivity index (χ1v) is 9.53. The number of hydrogen-bond acceptors (Lipinski definition) is 5. The van der Waals surface area contributed by atoms with Crippen molar-refractivity contribution in [3.8, 4) is 0 Å². The molecule has 1 aromatic heterocycles. The summed E-state index contributed by atoms with van der Waals surface area (Å²) in [6.45, 7) is 6.86. The average Bonchev–Trinajstić information content (AvgIpc) is 3.14. The van der Waals surface area contributed by atoms with Gasteiger partial charge in [-0.1, -0.05) is 6.92 Å². The van der Waals surface area contributed by atoms with Crippen LogP contribution in [0.15, 0.2) is 16.8 Å². The molecule has 1 saturated heterocycles. The molecule has 0 spiro atoms. The highest BCUT2D eigenvalue weighted by Crippen LogP contribution is 2.06. The molecule has 0 aromatic carbocycles. The largest absolute Gasteiger partial charge is 0.353 e. The molecule has 0 saturated carbocycles. The number of carbonyl (C=O) groups excluding carboxylic acids is 3. The second-order valence-electron chi connectivity index (χ2n) is 6.23. The standard InChI is InChI=1S/C17H26N4O3S/c1-3-13(2)19-15(22)11-20-5-7-21(8-6-20)16(23)10-18-17(24)14-4-9-25-12-14/h4,9,12-13H,3,5-8,10-11H2,1-2H3,(H,18,24)(H,19,22). The van der Waals surface area contributed by atoms with Crippen molar-refractivity contribution >= 4 is 29.1 Å². The number of hydrogen-bond donors (Lipinski definition) is 2. The van der Waals surface area contributed by atoms with E-state index in [1.165, 1.54) is 11.3 Å². The van der Waals surface area contributed by atoms with Gasteiger partial charge in [-0.25, -0.2) is 0 Å². The third-order valence-corrected chi connectivity index (χ3v) is 4.98. The molecule has 8 heteroatoms. The zero-order valence-corrected chi connectivity index (χ0v) is 15.6. The molecular weight excluding hydrogens is 340 g/mol. The van der Waals surface area contributed by atoms with Gasteiger partial charge >= 0.3 is 0 Å². The molecule has 0 radical (unpaired) electrons. The van der Waals surface area contributed by atoms with Crippen molar-refractivity contribution in [2.24, 2.45) is 0 Å². The van der Waals surface area contributed by atoms with Gasteiger partial charge in [-0.05, 0) is 24.8 Å². The minimum atomic E-state index is -0.227. The maximum absolute atomic E-state index is 12.2. The normalized spacial score (nSPS) is 16.3. The van der Waals surface area contributed by atoms with E-state index >= 15 is 0 Å². The number of amides is 3. The molecule has 1 aromatic rings. The number of rotatable bonds is 7. The average molecular weight is 366 g/mol. The van der Waals surface area contributed by atoms with Crippen molar-refractivity contribution in [2.45, 2.75) is 26.3 Å². The second-order valence-corrected chi connectivity index (χ2v) is 7.01. The minimum Gasteiger partial charge on any atom is -0.353 e. The lowest BCUT2D eigenvalue weighted by Gasteiger charge is -2.34. The summed E-state index contributed by atoms with van der Waals surface area (Å²) < 4.78 is 0. The lowest BCUT2D eigenvalue weighted by Crippen LogP contribution is -2.53. The Morgan fingerprint density at radius 1 is 1.24 bits per heavy atom. The molecule has 25 heavy (non-hydrogen) atoms. The maximum atomic E-state index is 12.2. The fourth-order valence-corrected chi connectivity index (χ4v) is 3.18. The van der Waals surface area contributed by atoms with Crippen LogP contribution >= 0.6 is 11.3 Å². The van der Waals surface area contributed by atoms with Crippen LogP contribution in [0.5, 0.6) is 0 Å². The Morgan fingerprint density at radius 3 is 2.56 bits per heavy atom. The van der Waals surface area contributed by atoms with Gasteiger partial charge in [-0.2, -0.15) is 11.3 Å². The molecule has 0 bridgehead atoms. The van der Waals surface area contributed by atoms with Gasteiger partial charge in [0.05, 0.1) is 13.1 Å². The van der Waals surface area contributed by atoms with E-state index < -0.39 is 0 Å². The van der Waals surface area contributed by atoms with Crippen molar-refractivity contribution < 1.29 is 14.4 Å². The fraction of sp³-hybridized carbons (Fsp3) is 0.588. The van der Waals surface area contributed by atoms with Crippen molar-refractivity contribution in [1.29, 1.82) is 0 Å². The van der Waals surface area contributed by atoms with Crippen LogP contribution in [-0.2, 0) is 9.59 Å². The Labute approximate surface area is 152 Å². The summed E-state index contributed by atoms with van der Waals surface area (Å²) >= 11 is 1.45. The number of piperazine rings is 1. The van der Waals surface area contributed by atoms with Gasteiger partial charge in [0, 0.05) is 43.2 Å². The van der Waals surface area contributed by atoms with Crippen molar-refractivity contribution in [3.63, 3.8) is 0 Å². The summed E-state index contributed by atoms with van der Waals surface area (Å²) in [4.78, 5) is 39.7. The van der Waals surface area contributed by atoms with Crippen LogP contribution in [0.4, 0.5) is 0 Å². The summed E-state index contributed by atoms with van der Waals surface area (Å²) in [5, 5.41) is 9.18. The van der Waals surface area contributed by atoms with E-state index in [2.05, 4.69) is 10.6 Å². The number of thiophene rings is 1. The SMILES string of the molecule is CCC(C)NC(=O)CN1CCN(C(=O)CNC(=O)c2ccsc2)CC1. The minimum absolute atomic E-state index is 0.00316. The summed E-state index contributed by atoms with van der Waals surface area (Å²) in [5.41, 5.74) is 0.579. The van der Waals surface area contributed by atoms with Gasteiger partial charge in [0.2, 0.25) is 11.8 Å². The molecule has 7 nitrogen and oxygen atoms in total. The van der Waals surface area contributed by atoms with E-state index in [-0.39, 0.29) is 30.3 Å². The summed E-state index contributed by atoms with van der Waals surface area (Å²) in [7, 11) is 0. The van der Waals surface area contributed by atoms with E-state index in [1.807, 2.05) is 24.1 Å². The summed E-state index contributed by atoms with van der Waals surface area (Å²) in [6.07, 6.45) is 0.908. The molecule has 3 amide bonds. The van der Waals surface area contributed by atoms with Gasteiger partial charge < -0.3 is 15.5 Å². The second kappa shape index (κ2) is 9.53. The zero-order valence-electron chi connectivity index (χ0n) is 14.8. The first-order chi connectivity index (χ1) is 12.0. The van der Waals surface area contributed by atoms with E-state index in [1.54, 1.807) is 16.3 Å². The fourth-order valence-electron chi connectivity index (χ4n) is 2.54.